The maximum absolute atomic E-state index is 11.7. The lowest BCUT2D eigenvalue weighted by atomic mass is 9.79. The fourth-order valence-electron chi connectivity index (χ4n) is 6.06. The molecule has 202 valence electrons. The average molecular weight is 533 g/mol. The Morgan fingerprint density at radius 2 is 1.63 bits per heavy atom. The lowest BCUT2D eigenvalue weighted by molar-refractivity contribution is 0.188. The first-order valence-electron chi connectivity index (χ1n) is 14.0. The highest BCUT2D eigenvalue weighted by atomic mass is 32.2. The van der Waals surface area contributed by atoms with Crippen molar-refractivity contribution in [2.24, 2.45) is 5.92 Å². The fraction of sp³-hybridized carbons (Fsp3) is 0.438. The summed E-state index contributed by atoms with van der Waals surface area (Å²) in [5.74, 6) is 0.694. The average Bonchev–Trinajstić information content (AvgIpc) is 3.78. The van der Waals surface area contributed by atoms with Gasteiger partial charge in [-0.3, -0.25) is 4.72 Å². The van der Waals surface area contributed by atoms with Gasteiger partial charge < -0.3 is 10.0 Å². The largest absolute Gasteiger partial charge is 0.396 e. The van der Waals surface area contributed by atoms with E-state index in [0.29, 0.717) is 18.0 Å². The lowest BCUT2D eigenvalue weighted by Crippen LogP contribution is -2.35. The van der Waals surface area contributed by atoms with E-state index in [4.69, 9.17) is 0 Å². The van der Waals surface area contributed by atoms with Crippen molar-refractivity contribution in [2.75, 3.05) is 30.7 Å². The maximum atomic E-state index is 11.7. The van der Waals surface area contributed by atoms with Gasteiger partial charge in [0.05, 0.1) is 6.26 Å². The van der Waals surface area contributed by atoms with E-state index in [1.54, 1.807) is 5.57 Å². The molecule has 0 aromatic heterocycles. The van der Waals surface area contributed by atoms with Crippen molar-refractivity contribution in [3.63, 3.8) is 0 Å². The van der Waals surface area contributed by atoms with Gasteiger partial charge in [0, 0.05) is 18.3 Å². The number of piperidine rings is 1. The van der Waals surface area contributed by atoms with Crippen LogP contribution in [0, 0.1) is 5.92 Å². The minimum Gasteiger partial charge on any atom is -0.396 e. The zero-order chi connectivity index (χ0) is 26.5. The van der Waals surface area contributed by atoms with Crippen molar-refractivity contribution in [1.82, 2.24) is 4.90 Å². The summed E-state index contributed by atoms with van der Waals surface area (Å²) < 4.78 is 26.0. The Hall–Kier alpha value is -2.67. The molecule has 1 saturated heterocycles. The highest BCUT2D eigenvalue weighted by Crippen LogP contribution is 2.41. The van der Waals surface area contributed by atoms with E-state index in [1.807, 2.05) is 30.3 Å². The molecule has 0 bridgehead atoms. The second-order valence-corrected chi connectivity index (χ2v) is 12.7. The number of nitrogens with one attached hydrogen (secondary N) is 1. The maximum Gasteiger partial charge on any atom is 0.229 e. The van der Waals surface area contributed by atoms with Crippen LogP contribution < -0.4 is 4.72 Å². The predicted octanol–water partition coefficient (Wildman–Crippen LogP) is 6.26. The quantitative estimate of drug-likeness (QED) is 0.354. The van der Waals surface area contributed by atoms with Gasteiger partial charge in [-0.15, -0.1) is 0 Å². The molecular formula is C32H40N2O3S. The number of benzene rings is 2. The van der Waals surface area contributed by atoms with Crippen LogP contribution in [-0.4, -0.2) is 50.4 Å². The number of anilines is 1. The highest BCUT2D eigenvalue weighted by Gasteiger charge is 2.33. The molecule has 2 fully saturated rings. The van der Waals surface area contributed by atoms with Gasteiger partial charge in [0.15, 0.2) is 0 Å². The number of nitrogens with zero attached hydrogens (tertiary/aromatic N) is 1. The molecule has 6 heteroatoms. The summed E-state index contributed by atoms with van der Waals surface area (Å²) in [5.41, 5.74) is 8.13. The molecule has 2 aliphatic carbocycles. The van der Waals surface area contributed by atoms with Crippen molar-refractivity contribution in [1.29, 1.82) is 0 Å². The molecule has 0 amide bonds. The van der Waals surface area contributed by atoms with E-state index in [-0.39, 0.29) is 6.61 Å². The molecule has 2 aromatic carbocycles. The third-order valence-electron chi connectivity index (χ3n) is 8.11. The number of aliphatic hydroxyl groups excluding tert-OH is 1. The van der Waals surface area contributed by atoms with E-state index >= 15 is 0 Å². The van der Waals surface area contributed by atoms with Crippen LogP contribution in [0.3, 0.4) is 0 Å². The molecule has 0 atom stereocenters. The molecule has 38 heavy (non-hydrogen) atoms. The Bertz CT molecular complexity index is 1300. The smallest absolute Gasteiger partial charge is 0.229 e. The molecule has 2 aromatic rings. The van der Waals surface area contributed by atoms with Gasteiger partial charge >= 0.3 is 0 Å². The third kappa shape index (κ3) is 6.85. The number of allylic oxidation sites excluding steroid dienone is 6. The zero-order valence-electron chi connectivity index (χ0n) is 22.4. The molecule has 1 aliphatic heterocycles. The van der Waals surface area contributed by atoms with Gasteiger partial charge in [0.25, 0.3) is 0 Å². The van der Waals surface area contributed by atoms with Gasteiger partial charge in [0.2, 0.25) is 10.0 Å². The summed E-state index contributed by atoms with van der Waals surface area (Å²) >= 11 is 0. The molecule has 5 rings (SSSR count). The Morgan fingerprint density at radius 3 is 2.21 bits per heavy atom. The van der Waals surface area contributed by atoms with Crippen LogP contribution in [0.1, 0.15) is 62.5 Å². The fourth-order valence-corrected chi connectivity index (χ4v) is 6.62. The van der Waals surface area contributed by atoms with Gasteiger partial charge in [0.1, 0.15) is 0 Å². The van der Waals surface area contributed by atoms with E-state index in [1.165, 1.54) is 61.7 Å². The standard InChI is InChI=1S/C32H40N2O3S/c1-38(36,37)33-29-15-13-28(14-16-29)32(31(8-5-23-35)26-6-3-2-4-7-26)27-11-9-24(10-12-27)25-19-21-34(22-20-25)30-17-18-30/h2-4,6-7,9,11,13-16,25,30,33,35H,5,8,10,12,17-23H2,1H3/b32-31+. The van der Waals surface area contributed by atoms with Crippen LogP contribution in [0.4, 0.5) is 5.69 Å². The van der Waals surface area contributed by atoms with Crippen molar-refractivity contribution < 1.29 is 13.5 Å². The SMILES string of the molecule is CS(=O)(=O)Nc1ccc(/C(C2=CC=C(C3CCN(C4CC4)CC3)CC2)=C(\CCCO)c2ccccc2)cc1. The topological polar surface area (TPSA) is 69.6 Å². The second kappa shape index (κ2) is 12.0. The van der Waals surface area contributed by atoms with Crippen molar-refractivity contribution in [3.05, 3.63) is 89.0 Å². The molecule has 5 nitrogen and oxygen atoms in total. The Balaban J connectivity index is 1.49. The number of hydrogen-bond donors (Lipinski definition) is 2. The first-order valence-corrected chi connectivity index (χ1v) is 15.9. The normalized spacial score (nSPS) is 19.9. The molecule has 0 unspecified atom stereocenters. The van der Waals surface area contributed by atoms with Crippen LogP contribution in [0.25, 0.3) is 11.1 Å². The van der Waals surface area contributed by atoms with Crippen molar-refractivity contribution in [3.8, 4) is 0 Å². The Labute approximate surface area is 228 Å². The van der Waals surface area contributed by atoms with Gasteiger partial charge in [-0.1, -0.05) is 60.2 Å². The number of hydrogen-bond acceptors (Lipinski definition) is 4. The van der Waals surface area contributed by atoms with E-state index in [9.17, 15) is 13.5 Å². The first-order chi connectivity index (χ1) is 18.4. The Morgan fingerprint density at radius 1 is 0.921 bits per heavy atom. The summed E-state index contributed by atoms with van der Waals surface area (Å²) in [5, 5.41) is 9.69. The minimum atomic E-state index is -3.34. The van der Waals surface area contributed by atoms with Crippen LogP contribution in [0.2, 0.25) is 0 Å². The summed E-state index contributed by atoms with van der Waals surface area (Å²) in [4.78, 5) is 2.69. The van der Waals surface area contributed by atoms with Crippen molar-refractivity contribution >= 4 is 26.9 Å². The predicted molar refractivity (Wildman–Crippen MR) is 157 cm³/mol. The lowest BCUT2D eigenvalue weighted by Gasteiger charge is -2.34. The molecule has 2 N–H and O–H groups in total. The van der Waals surface area contributed by atoms with Crippen LogP contribution in [0.15, 0.2) is 77.9 Å². The summed E-state index contributed by atoms with van der Waals surface area (Å²) in [7, 11) is -3.34. The van der Waals surface area contributed by atoms with Gasteiger partial charge in [-0.25, -0.2) is 8.42 Å². The zero-order valence-corrected chi connectivity index (χ0v) is 23.2. The van der Waals surface area contributed by atoms with Crippen molar-refractivity contribution in [2.45, 2.75) is 57.4 Å². The van der Waals surface area contributed by atoms with Gasteiger partial charge in [-0.05, 0) is 110 Å². The number of likely N-dealkylation sites (tertiary alicyclic amines) is 1. The van der Waals surface area contributed by atoms with Gasteiger partial charge in [-0.2, -0.15) is 0 Å². The molecule has 0 radical (unpaired) electrons. The van der Waals surface area contributed by atoms with E-state index in [2.05, 4.69) is 46.0 Å². The Kier molecular flexibility index (Phi) is 8.51. The van der Waals surface area contributed by atoms with Crippen LogP contribution >= 0.6 is 0 Å². The van der Waals surface area contributed by atoms with Crippen LogP contribution in [0.5, 0.6) is 0 Å². The molecule has 1 heterocycles. The number of sulfonamides is 1. The summed E-state index contributed by atoms with van der Waals surface area (Å²) in [6.45, 7) is 2.62. The highest BCUT2D eigenvalue weighted by molar-refractivity contribution is 7.92. The molecule has 3 aliphatic rings. The molecule has 1 saturated carbocycles. The number of aliphatic hydroxyl groups is 1. The monoisotopic (exact) mass is 532 g/mol. The van der Waals surface area contributed by atoms with Crippen LogP contribution in [-0.2, 0) is 10.0 Å². The summed E-state index contributed by atoms with van der Waals surface area (Å²) in [6, 6.07) is 19.0. The second-order valence-electron chi connectivity index (χ2n) is 11.0. The minimum absolute atomic E-state index is 0.142. The summed E-state index contributed by atoms with van der Waals surface area (Å²) in [6.07, 6.45) is 14.7. The first kappa shape index (κ1) is 26.9. The number of rotatable bonds is 10. The van der Waals surface area contributed by atoms with E-state index in [0.717, 1.165) is 36.4 Å². The molecule has 0 spiro atoms. The third-order valence-corrected chi connectivity index (χ3v) is 8.71. The molecular weight excluding hydrogens is 492 g/mol. The van der Waals surface area contributed by atoms with E-state index < -0.39 is 10.0 Å².